The van der Waals surface area contributed by atoms with Crippen molar-refractivity contribution in [2.45, 2.75) is 33.2 Å². The van der Waals surface area contributed by atoms with Crippen LogP contribution in [0.5, 0.6) is 0 Å². The lowest BCUT2D eigenvalue weighted by Gasteiger charge is -2.07. The summed E-state index contributed by atoms with van der Waals surface area (Å²) in [4.78, 5) is 0. The molecule has 1 heteroatoms. The molecule has 0 unspecified atom stereocenters. The normalized spacial score (nSPS) is 9.07. The average Bonchev–Trinajstić information content (AvgIpc) is 2.30. The van der Waals surface area contributed by atoms with Gasteiger partial charge in [0.15, 0.2) is 0 Å². The molecule has 0 radical (unpaired) electrons. The van der Waals surface area contributed by atoms with Crippen LogP contribution in [0.4, 0.5) is 0 Å². The summed E-state index contributed by atoms with van der Waals surface area (Å²) in [7, 11) is 0. The lowest BCUT2D eigenvalue weighted by molar-refractivity contribution is 1.00. The molecular formula is C13H21N. The van der Waals surface area contributed by atoms with E-state index < -0.39 is 0 Å². The quantitative estimate of drug-likeness (QED) is 0.730. The van der Waals surface area contributed by atoms with Gasteiger partial charge in [0.1, 0.15) is 0 Å². The molecule has 0 amide bonds. The van der Waals surface area contributed by atoms with Crippen LogP contribution in [0, 0.1) is 0 Å². The largest absolute Gasteiger partial charge is 0.326 e. The highest BCUT2D eigenvalue weighted by atomic mass is 14.5. The van der Waals surface area contributed by atoms with Crippen LogP contribution < -0.4 is 5.73 Å². The molecule has 0 bridgehead atoms. The maximum absolute atomic E-state index is 5.56. The lowest BCUT2D eigenvalue weighted by Crippen LogP contribution is -1.99. The molecule has 0 aliphatic rings. The number of hydrogen-bond donors (Lipinski definition) is 1. The summed E-state index contributed by atoms with van der Waals surface area (Å²) >= 11 is 0. The summed E-state index contributed by atoms with van der Waals surface area (Å²) < 4.78 is 0. The van der Waals surface area contributed by atoms with E-state index in [0.29, 0.717) is 6.54 Å². The second kappa shape index (κ2) is 7.34. The fourth-order valence-corrected chi connectivity index (χ4v) is 1.48. The Labute approximate surface area is 87.6 Å². The number of benzene rings is 1. The highest BCUT2D eigenvalue weighted by Crippen LogP contribution is 2.13. The van der Waals surface area contributed by atoms with Gasteiger partial charge in [0, 0.05) is 6.54 Å². The number of rotatable bonds is 3. The number of nitrogens with two attached hydrogens (primary N) is 1. The molecule has 0 atom stereocenters. The smallest absolute Gasteiger partial charge is 0.0178 e. The molecule has 1 rings (SSSR count). The Balaban J connectivity index is 0.000000791. The molecule has 0 saturated heterocycles. The van der Waals surface area contributed by atoms with Gasteiger partial charge in [-0.2, -0.15) is 0 Å². The zero-order chi connectivity index (χ0) is 11.0. The van der Waals surface area contributed by atoms with E-state index in [-0.39, 0.29) is 0 Å². The zero-order valence-corrected chi connectivity index (χ0v) is 9.34. The fraction of sp³-hybridized carbons (Fsp3) is 0.385. The van der Waals surface area contributed by atoms with Crippen molar-refractivity contribution >= 4 is 0 Å². The van der Waals surface area contributed by atoms with Crippen LogP contribution in [0.1, 0.15) is 30.5 Å². The maximum atomic E-state index is 5.56. The summed E-state index contributed by atoms with van der Waals surface area (Å²) in [5, 5.41) is 0. The van der Waals surface area contributed by atoms with Gasteiger partial charge in [-0.3, -0.25) is 0 Å². The van der Waals surface area contributed by atoms with E-state index in [1.165, 1.54) is 16.7 Å². The second-order valence-electron chi connectivity index (χ2n) is 3.01. The van der Waals surface area contributed by atoms with Gasteiger partial charge in [0.05, 0.1) is 0 Å². The fourth-order valence-electron chi connectivity index (χ4n) is 1.48. The van der Waals surface area contributed by atoms with Gasteiger partial charge >= 0.3 is 0 Å². The van der Waals surface area contributed by atoms with Crippen LogP contribution in [0.15, 0.2) is 31.4 Å². The van der Waals surface area contributed by atoms with Gasteiger partial charge in [-0.05, 0) is 29.5 Å². The van der Waals surface area contributed by atoms with Crippen molar-refractivity contribution in [3.63, 3.8) is 0 Å². The van der Waals surface area contributed by atoms with Crippen LogP contribution in [0.25, 0.3) is 0 Å². The zero-order valence-electron chi connectivity index (χ0n) is 9.34. The van der Waals surface area contributed by atoms with Gasteiger partial charge in [-0.15, -0.1) is 13.2 Å². The first-order valence-electron chi connectivity index (χ1n) is 5.12. The average molecular weight is 191 g/mol. The topological polar surface area (TPSA) is 26.0 Å². The van der Waals surface area contributed by atoms with Gasteiger partial charge in [0.2, 0.25) is 0 Å². The van der Waals surface area contributed by atoms with Gasteiger partial charge < -0.3 is 5.73 Å². The van der Waals surface area contributed by atoms with E-state index >= 15 is 0 Å². The highest BCUT2D eigenvalue weighted by molar-refractivity contribution is 5.32. The van der Waals surface area contributed by atoms with Crippen molar-refractivity contribution in [3.05, 3.63) is 48.0 Å². The Hall–Kier alpha value is -1.08. The molecule has 2 N–H and O–H groups in total. The summed E-state index contributed by atoms with van der Waals surface area (Å²) in [6.07, 6.45) is 2.23. The SMILES string of the molecule is C=C.CCc1ccc(CN)cc1CC. The highest BCUT2D eigenvalue weighted by Gasteiger charge is 1.98. The Morgan fingerprint density at radius 2 is 1.64 bits per heavy atom. The molecule has 0 aliphatic heterocycles. The van der Waals surface area contributed by atoms with E-state index in [2.05, 4.69) is 45.2 Å². The van der Waals surface area contributed by atoms with Crippen LogP contribution in [-0.2, 0) is 19.4 Å². The van der Waals surface area contributed by atoms with Crippen LogP contribution in [0.2, 0.25) is 0 Å². The summed E-state index contributed by atoms with van der Waals surface area (Å²) in [5.74, 6) is 0. The predicted molar refractivity (Wildman–Crippen MR) is 64.3 cm³/mol. The predicted octanol–water partition coefficient (Wildman–Crippen LogP) is 3.07. The molecule has 0 aliphatic carbocycles. The second-order valence-corrected chi connectivity index (χ2v) is 3.01. The van der Waals surface area contributed by atoms with E-state index in [1.54, 1.807) is 0 Å². The minimum atomic E-state index is 0.650. The standard InChI is InChI=1S/C11H17N.C2H4/c1-3-10-6-5-9(8-12)7-11(10)4-2;1-2/h5-7H,3-4,8,12H2,1-2H3;1-2H2. The first-order chi connectivity index (χ1) is 6.81. The third kappa shape index (κ3) is 3.35. The molecule has 0 aromatic heterocycles. The van der Waals surface area contributed by atoms with Gasteiger partial charge in [-0.25, -0.2) is 0 Å². The first-order valence-corrected chi connectivity index (χ1v) is 5.12. The molecular weight excluding hydrogens is 170 g/mol. The molecule has 0 spiro atoms. The van der Waals surface area contributed by atoms with Crippen molar-refractivity contribution in [3.8, 4) is 0 Å². The maximum Gasteiger partial charge on any atom is 0.0178 e. The van der Waals surface area contributed by atoms with E-state index in [4.69, 9.17) is 5.73 Å². The molecule has 78 valence electrons. The molecule has 0 saturated carbocycles. The summed E-state index contributed by atoms with van der Waals surface area (Å²) in [6.45, 7) is 11.0. The lowest BCUT2D eigenvalue weighted by atomic mass is 10.0. The Morgan fingerprint density at radius 3 is 2.07 bits per heavy atom. The van der Waals surface area contributed by atoms with Crippen molar-refractivity contribution in [2.24, 2.45) is 5.73 Å². The Kier molecular flexibility index (Phi) is 6.77. The van der Waals surface area contributed by atoms with Crippen molar-refractivity contribution < 1.29 is 0 Å². The number of aryl methyl sites for hydroxylation is 2. The Morgan fingerprint density at radius 1 is 1.07 bits per heavy atom. The van der Waals surface area contributed by atoms with Crippen LogP contribution >= 0.6 is 0 Å². The van der Waals surface area contributed by atoms with E-state index in [9.17, 15) is 0 Å². The van der Waals surface area contributed by atoms with Gasteiger partial charge in [0.25, 0.3) is 0 Å². The van der Waals surface area contributed by atoms with Crippen molar-refractivity contribution in [1.82, 2.24) is 0 Å². The third-order valence-corrected chi connectivity index (χ3v) is 2.27. The van der Waals surface area contributed by atoms with Crippen molar-refractivity contribution in [1.29, 1.82) is 0 Å². The van der Waals surface area contributed by atoms with Crippen molar-refractivity contribution in [2.75, 3.05) is 0 Å². The first kappa shape index (κ1) is 12.9. The Bertz CT molecular complexity index is 266. The molecule has 0 fully saturated rings. The summed E-state index contributed by atoms with van der Waals surface area (Å²) in [6, 6.07) is 6.54. The molecule has 1 aromatic carbocycles. The third-order valence-electron chi connectivity index (χ3n) is 2.27. The van der Waals surface area contributed by atoms with Gasteiger partial charge in [-0.1, -0.05) is 32.0 Å². The van der Waals surface area contributed by atoms with Crippen LogP contribution in [-0.4, -0.2) is 0 Å². The molecule has 14 heavy (non-hydrogen) atoms. The molecule has 1 nitrogen and oxygen atoms in total. The van der Waals surface area contributed by atoms with E-state index in [1.807, 2.05) is 0 Å². The summed E-state index contributed by atoms with van der Waals surface area (Å²) in [5.41, 5.74) is 9.70. The monoisotopic (exact) mass is 191 g/mol. The van der Waals surface area contributed by atoms with Crippen LogP contribution in [0.3, 0.4) is 0 Å². The number of hydrogen-bond acceptors (Lipinski definition) is 1. The molecule has 1 aromatic rings. The molecule has 0 heterocycles. The minimum Gasteiger partial charge on any atom is -0.326 e. The minimum absolute atomic E-state index is 0.650. The van der Waals surface area contributed by atoms with E-state index in [0.717, 1.165) is 12.8 Å².